The van der Waals surface area contributed by atoms with E-state index in [4.69, 9.17) is 4.42 Å². The molecule has 6 rings (SSSR count). The summed E-state index contributed by atoms with van der Waals surface area (Å²) in [6.07, 6.45) is 11.0. The smallest absolute Gasteiger partial charge is 0.315 e. The van der Waals surface area contributed by atoms with Gasteiger partial charge in [0.1, 0.15) is 5.69 Å². The molecule has 4 fully saturated rings. The third kappa shape index (κ3) is 2.89. The molecule has 2 heterocycles. The highest BCUT2D eigenvalue weighted by Crippen LogP contribution is 2.55. The Hall–Kier alpha value is -2.30. The lowest BCUT2D eigenvalue weighted by Crippen LogP contribution is -2.61. The summed E-state index contributed by atoms with van der Waals surface area (Å²) >= 11 is 0. The van der Waals surface area contributed by atoms with Gasteiger partial charge in [0, 0.05) is 23.8 Å². The number of aromatic nitrogens is 1. The van der Waals surface area contributed by atoms with Crippen LogP contribution in [-0.4, -0.2) is 16.6 Å². The molecule has 2 N–H and O–H groups in total. The maximum atomic E-state index is 12.6. The zero-order valence-corrected chi connectivity index (χ0v) is 14.9. The van der Waals surface area contributed by atoms with E-state index < -0.39 is 0 Å². The molecule has 0 atom stereocenters. The van der Waals surface area contributed by atoms with E-state index in [1.165, 1.54) is 19.3 Å². The van der Waals surface area contributed by atoms with Gasteiger partial charge in [0.25, 0.3) is 0 Å². The summed E-state index contributed by atoms with van der Waals surface area (Å²) in [6.45, 7) is 0.447. The van der Waals surface area contributed by atoms with Crippen molar-refractivity contribution in [2.75, 3.05) is 0 Å². The van der Waals surface area contributed by atoms with Crippen LogP contribution in [0.4, 0.5) is 4.79 Å². The Balaban J connectivity index is 1.25. The molecule has 0 unspecified atom stereocenters. The van der Waals surface area contributed by atoms with Crippen LogP contribution in [0, 0.1) is 17.8 Å². The molecule has 4 saturated carbocycles. The van der Waals surface area contributed by atoms with Crippen molar-refractivity contribution in [1.29, 1.82) is 0 Å². The van der Waals surface area contributed by atoms with E-state index in [0.717, 1.165) is 54.0 Å². The number of hydrogen-bond donors (Lipinski definition) is 2. The van der Waals surface area contributed by atoms with E-state index in [9.17, 15) is 4.79 Å². The second-order valence-electron chi connectivity index (χ2n) is 8.49. The highest BCUT2D eigenvalue weighted by molar-refractivity contribution is 5.75. The first-order valence-electron chi connectivity index (χ1n) is 9.73. The number of carbonyl (C=O) groups excluding carboxylic acids is 1. The zero-order chi connectivity index (χ0) is 17.6. The van der Waals surface area contributed by atoms with Crippen molar-refractivity contribution in [3.05, 3.63) is 42.3 Å². The molecule has 0 radical (unpaired) electrons. The van der Waals surface area contributed by atoms with Crippen molar-refractivity contribution in [1.82, 2.24) is 15.6 Å². The van der Waals surface area contributed by atoms with Gasteiger partial charge in [-0.05, 0) is 74.5 Å². The number of amides is 2. The molecule has 4 bridgehead atoms. The van der Waals surface area contributed by atoms with Crippen LogP contribution in [0.1, 0.15) is 44.1 Å². The van der Waals surface area contributed by atoms with Crippen molar-refractivity contribution in [3.63, 3.8) is 0 Å². The molecule has 4 aliphatic rings. The molecule has 4 aliphatic carbocycles. The fourth-order valence-electron chi connectivity index (χ4n) is 5.94. The summed E-state index contributed by atoms with van der Waals surface area (Å²) in [5.41, 5.74) is 1.79. The Morgan fingerprint density at radius 1 is 1.12 bits per heavy atom. The molecular weight excluding hydrogens is 326 g/mol. The molecule has 2 aromatic heterocycles. The summed E-state index contributed by atoms with van der Waals surface area (Å²) in [4.78, 5) is 17.0. The third-order valence-corrected chi connectivity index (χ3v) is 6.50. The van der Waals surface area contributed by atoms with E-state index in [1.807, 2.05) is 24.3 Å². The quantitative estimate of drug-likeness (QED) is 0.871. The van der Waals surface area contributed by atoms with Gasteiger partial charge in [-0.1, -0.05) is 6.07 Å². The summed E-state index contributed by atoms with van der Waals surface area (Å²) in [7, 11) is 0. The Morgan fingerprint density at radius 3 is 2.50 bits per heavy atom. The van der Waals surface area contributed by atoms with Gasteiger partial charge in [-0.2, -0.15) is 0 Å². The number of carbonyl (C=O) groups is 1. The van der Waals surface area contributed by atoms with Crippen LogP contribution in [0.2, 0.25) is 0 Å². The molecule has 136 valence electrons. The zero-order valence-electron chi connectivity index (χ0n) is 14.9. The molecule has 0 aliphatic heterocycles. The molecule has 2 amide bonds. The first kappa shape index (κ1) is 15.9. The van der Waals surface area contributed by atoms with Gasteiger partial charge in [-0.3, -0.25) is 4.98 Å². The average Bonchev–Trinajstić information content (AvgIpc) is 3.13. The van der Waals surface area contributed by atoms with Gasteiger partial charge >= 0.3 is 6.03 Å². The summed E-state index contributed by atoms with van der Waals surface area (Å²) in [5.74, 6) is 3.20. The Bertz CT molecular complexity index is 764. The largest absolute Gasteiger partial charge is 0.463 e. The van der Waals surface area contributed by atoms with Gasteiger partial charge in [-0.15, -0.1) is 0 Å². The van der Waals surface area contributed by atoms with Crippen molar-refractivity contribution >= 4 is 6.03 Å². The minimum absolute atomic E-state index is 0.0393. The van der Waals surface area contributed by atoms with Crippen LogP contribution >= 0.6 is 0 Å². The Labute approximate surface area is 153 Å². The molecule has 0 saturated heterocycles. The Morgan fingerprint density at radius 2 is 1.85 bits per heavy atom. The van der Waals surface area contributed by atoms with E-state index in [1.54, 1.807) is 12.5 Å². The number of pyridine rings is 1. The molecule has 2 aromatic rings. The van der Waals surface area contributed by atoms with Crippen LogP contribution in [0.15, 0.2) is 41.1 Å². The molecule has 0 aromatic carbocycles. The topological polar surface area (TPSA) is 67.2 Å². The van der Waals surface area contributed by atoms with Gasteiger partial charge in [-0.25, -0.2) is 4.79 Å². The summed E-state index contributed by atoms with van der Waals surface area (Å²) in [5, 5.41) is 6.40. The second kappa shape index (κ2) is 6.15. The van der Waals surface area contributed by atoms with Crippen LogP contribution in [0.5, 0.6) is 0 Å². The first-order chi connectivity index (χ1) is 12.7. The SMILES string of the molecule is O=C(NCc1cccnc1-c1ccco1)NC12CC3CC(CC(C3)C1)C2. The molecule has 0 spiro atoms. The van der Waals surface area contributed by atoms with Gasteiger partial charge in [0.2, 0.25) is 0 Å². The fraction of sp³-hybridized carbons (Fsp3) is 0.524. The average molecular weight is 351 g/mol. The van der Waals surface area contributed by atoms with Crippen LogP contribution in [0.3, 0.4) is 0 Å². The van der Waals surface area contributed by atoms with Crippen molar-refractivity contribution in [2.45, 2.75) is 50.6 Å². The second-order valence-corrected chi connectivity index (χ2v) is 8.49. The number of rotatable bonds is 4. The van der Waals surface area contributed by atoms with E-state index in [-0.39, 0.29) is 11.6 Å². The number of nitrogens with zero attached hydrogens (tertiary/aromatic N) is 1. The maximum absolute atomic E-state index is 12.6. The number of nitrogens with one attached hydrogen (secondary N) is 2. The van der Waals surface area contributed by atoms with Gasteiger partial charge in [0.15, 0.2) is 5.76 Å². The minimum Gasteiger partial charge on any atom is -0.463 e. The van der Waals surface area contributed by atoms with Crippen molar-refractivity contribution < 1.29 is 9.21 Å². The first-order valence-corrected chi connectivity index (χ1v) is 9.73. The van der Waals surface area contributed by atoms with Crippen molar-refractivity contribution in [2.24, 2.45) is 17.8 Å². The maximum Gasteiger partial charge on any atom is 0.315 e. The molecule has 26 heavy (non-hydrogen) atoms. The highest BCUT2D eigenvalue weighted by atomic mass is 16.3. The standard InChI is InChI=1S/C21H25N3O2/c25-20(24-21-10-14-7-15(11-21)9-16(8-14)12-21)23-13-17-3-1-5-22-19(17)18-4-2-6-26-18/h1-6,14-16H,7-13H2,(H2,23,24,25). The minimum atomic E-state index is -0.0544. The number of urea groups is 1. The lowest BCUT2D eigenvalue weighted by atomic mass is 9.53. The van der Waals surface area contributed by atoms with E-state index in [2.05, 4.69) is 15.6 Å². The number of hydrogen-bond acceptors (Lipinski definition) is 3. The van der Waals surface area contributed by atoms with Crippen molar-refractivity contribution in [3.8, 4) is 11.5 Å². The van der Waals surface area contributed by atoms with Gasteiger partial charge in [0.05, 0.1) is 6.26 Å². The number of furan rings is 1. The lowest BCUT2D eigenvalue weighted by Gasteiger charge is -2.56. The van der Waals surface area contributed by atoms with Crippen LogP contribution in [-0.2, 0) is 6.54 Å². The normalized spacial score (nSPS) is 31.8. The van der Waals surface area contributed by atoms with Crippen LogP contribution in [0.25, 0.3) is 11.5 Å². The monoisotopic (exact) mass is 351 g/mol. The lowest BCUT2D eigenvalue weighted by molar-refractivity contribution is -0.0135. The predicted molar refractivity (Wildman–Crippen MR) is 98.2 cm³/mol. The summed E-state index contributed by atoms with van der Waals surface area (Å²) in [6, 6.07) is 7.56. The predicted octanol–water partition coefficient (Wildman–Crippen LogP) is 4.11. The van der Waals surface area contributed by atoms with E-state index >= 15 is 0 Å². The highest BCUT2D eigenvalue weighted by Gasteiger charge is 2.51. The van der Waals surface area contributed by atoms with Crippen LogP contribution < -0.4 is 10.6 Å². The van der Waals surface area contributed by atoms with E-state index in [0.29, 0.717) is 6.54 Å². The molecule has 5 heteroatoms. The third-order valence-electron chi connectivity index (χ3n) is 6.50. The molecule has 5 nitrogen and oxygen atoms in total. The summed E-state index contributed by atoms with van der Waals surface area (Å²) < 4.78 is 5.47. The van der Waals surface area contributed by atoms with Gasteiger partial charge < -0.3 is 15.1 Å². The Kier molecular flexibility index (Phi) is 3.76. The fourth-order valence-corrected chi connectivity index (χ4v) is 5.94. The molecular formula is C21H25N3O2.